The van der Waals surface area contributed by atoms with Gasteiger partial charge in [-0.3, -0.25) is 9.78 Å². The SMILES string of the molecule is NCC1=NC(=O)C(c2cccc(F)c2N2CCOCC2)=C1.c1ccc2ncccc2c1. The van der Waals surface area contributed by atoms with Crippen molar-refractivity contribution in [2.75, 3.05) is 37.7 Å². The van der Waals surface area contributed by atoms with E-state index in [1.807, 2.05) is 35.4 Å². The Morgan fingerprint density at radius 1 is 1.03 bits per heavy atom. The number of ether oxygens (including phenoxy) is 1. The number of halogens is 1. The molecule has 7 heteroatoms. The van der Waals surface area contributed by atoms with E-state index in [9.17, 15) is 9.18 Å². The second kappa shape index (κ2) is 9.59. The maximum atomic E-state index is 14.3. The molecular formula is C24H23FN4O2. The van der Waals surface area contributed by atoms with Crippen LogP contribution in [0, 0.1) is 5.82 Å². The van der Waals surface area contributed by atoms with Crippen LogP contribution in [0.1, 0.15) is 5.56 Å². The molecule has 0 radical (unpaired) electrons. The number of aromatic nitrogens is 1. The zero-order valence-electron chi connectivity index (χ0n) is 17.0. The Kier molecular flexibility index (Phi) is 6.45. The lowest BCUT2D eigenvalue weighted by Gasteiger charge is -2.30. The number of anilines is 1. The van der Waals surface area contributed by atoms with E-state index >= 15 is 0 Å². The molecule has 2 aliphatic rings. The Hall–Kier alpha value is -3.42. The molecule has 3 heterocycles. The minimum Gasteiger partial charge on any atom is -0.378 e. The Morgan fingerprint density at radius 3 is 2.55 bits per heavy atom. The molecular weight excluding hydrogens is 395 g/mol. The second-order valence-electron chi connectivity index (χ2n) is 7.10. The molecule has 31 heavy (non-hydrogen) atoms. The molecule has 2 N–H and O–H groups in total. The maximum Gasteiger partial charge on any atom is 0.278 e. The first-order valence-corrected chi connectivity index (χ1v) is 10.1. The molecule has 2 aromatic carbocycles. The number of aliphatic imine (C=N–C) groups is 1. The first-order chi connectivity index (χ1) is 15.2. The van der Waals surface area contributed by atoms with Crippen LogP contribution in [0.3, 0.4) is 0 Å². The van der Waals surface area contributed by atoms with E-state index < -0.39 is 0 Å². The van der Waals surface area contributed by atoms with Gasteiger partial charge >= 0.3 is 0 Å². The first kappa shape index (κ1) is 20.8. The van der Waals surface area contributed by atoms with Gasteiger partial charge in [0.1, 0.15) is 5.82 Å². The van der Waals surface area contributed by atoms with Crippen LogP contribution in [0.4, 0.5) is 10.1 Å². The molecule has 0 aliphatic carbocycles. The number of pyridine rings is 1. The van der Waals surface area contributed by atoms with E-state index in [1.54, 1.807) is 18.2 Å². The number of para-hydroxylation sites is 2. The molecule has 1 saturated heterocycles. The third-order valence-electron chi connectivity index (χ3n) is 5.11. The van der Waals surface area contributed by atoms with E-state index in [1.165, 1.54) is 11.5 Å². The van der Waals surface area contributed by atoms with Gasteiger partial charge in [-0.05, 0) is 24.3 Å². The summed E-state index contributed by atoms with van der Waals surface area (Å²) in [4.78, 5) is 22.0. The van der Waals surface area contributed by atoms with E-state index in [-0.39, 0.29) is 18.3 Å². The summed E-state index contributed by atoms with van der Waals surface area (Å²) in [5.74, 6) is -0.708. The normalized spacial score (nSPS) is 15.9. The van der Waals surface area contributed by atoms with E-state index in [0.717, 1.165) is 5.52 Å². The van der Waals surface area contributed by atoms with E-state index in [4.69, 9.17) is 10.5 Å². The van der Waals surface area contributed by atoms with Crippen molar-refractivity contribution >= 4 is 33.8 Å². The van der Waals surface area contributed by atoms with E-state index in [2.05, 4.69) is 22.1 Å². The van der Waals surface area contributed by atoms with Crippen molar-refractivity contribution in [3.8, 4) is 0 Å². The minimum atomic E-state index is -0.365. The van der Waals surface area contributed by atoms with Crippen LogP contribution in [0.5, 0.6) is 0 Å². The van der Waals surface area contributed by atoms with E-state index in [0.29, 0.717) is 48.8 Å². The monoisotopic (exact) mass is 418 g/mol. The molecule has 2 aliphatic heterocycles. The Balaban J connectivity index is 0.000000192. The number of hydrogen-bond acceptors (Lipinski definition) is 5. The van der Waals surface area contributed by atoms with Crippen LogP contribution in [0.25, 0.3) is 16.5 Å². The van der Waals surface area contributed by atoms with Gasteiger partial charge in [0.2, 0.25) is 0 Å². The number of carbonyl (C=O) groups excluding carboxylic acids is 1. The van der Waals surface area contributed by atoms with Gasteiger partial charge in [-0.25, -0.2) is 9.38 Å². The summed E-state index contributed by atoms with van der Waals surface area (Å²) < 4.78 is 19.6. The molecule has 1 fully saturated rings. The summed E-state index contributed by atoms with van der Waals surface area (Å²) in [7, 11) is 0. The van der Waals surface area contributed by atoms with Crippen LogP contribution >= 0.6 is 0 Å². The topological polar surface area (TPSA) is 80.8 Å². The molecule has 5 rings (SSSR count). The molecule has 3 aromatic rings. The van der Waals surface area contributed by atoms with Gasteiger partial charge in [0.25, 0.3) is 5.91 Å². The fourth-order valence-electron chi connectivity index (χ4n) is 3.61. The van der Waals surface area contributed by atoms with Crippen molar-refractivity contribution in [3.05, 3.63) is 78.3 Å². The highest BCUT2D eigenvalue weighted by molar-refractivity contribution is 6.33. The zero-order valence-corrected chi connectivity index (χ0v) is 17.0. The average molecular weight is 418 g/mol. The Bertz CT molecular complexity index is 1090. The predicted octanol–water partition coefficient (Wildman–Crippen LogP) is 3.22. The quantitative estimate of drug-likeness (QED) is 0.706. The largest absolute Gasteiger partial charge is 0.378 e. The van der Waals surface area contributed by atoms with Crippen LogP contribution in [-0.4, -0.2) is 49.5 Å². The van der Waals surface area contributed by atoms with Crippen molar-refractivity contribution in [3.63, 3.8) is 0 Å². The van der Waals surface area contributed by atoms with Crippen LogP contribution in [0.2, 0.25) is 0 Å². The molecule has 6 nitrogen and oxygen atoms in total. The fraction of sp³-hybridized carbons (Fsp3) is 0.208. The van der Waals surface area contributed by atoms with Gasteiger partial charge in [-0.2, -0.15) is 0 Å². The molecule has 0 atom stereocenters. The number of fused-ring (bicyclic) bond motifs is 1. The highest BCUT2D eigenvalue weighted by atomic mass is 19.1. The minimum absolute atomic E-state index is 0.192. The van der Waals surface area contributed by atoms with Crippen molar-refractivity contribution in [1.82, 2.24) is 4.98 Å². The lowest BCUT2D eigenvalue weighted by atomic mass is 10.0. The Labute approximate surface area is 179 Å². The summed E-state index contributed by atoms with van der Waals surface area (Å²) in [5.41, 5.74) is 8.50. The number of benzene rings is 2. The highest BCUT2D eigenvalue weighted by Crippen LogP contribution is 2.33. The standard InChI is InChI=1S/C15H16FN3O2.C9H7N/c16-13-3-1-2-11(12-8-10(9-17)18-15(12)20)14(13)19-4-6-21-7-5-19;1-2-6-9-8(4-1)5-3-7-10-9/h1-3,8H,4-7,9,17H2;1-7H. The van der Waals surface area contributed by atoms with Crippen molar-refractivity contribution in [2.45, 2.75) is 0 Å². The molecule has 158 valence electrons. The van der Waals surface area contributed by atoms with Gasteiger partial charge in [0.15, 0.2) is 0 Å². The number of amides is 1. The van der Waals surface area contributed by atoms with Gasteiger partial charge in [-0.15, -0.1) is 0 Å². The maximum absolute atomic E-state index is 14.3. The number of morpholine rings is 1. The molecule has 0 spiro atoms. The predicted molar refractivity (Wildman–Crippen MR) is 121 cm³/mol. The molecule has 0 unspecified atom stereocenters. The molecule has 0 saturated carbocycles. The van der Waals surface area contributed by atoms with Crippen LogP contribution < -0.4 is 10.6 Å². The number of nitrogens with zero attached hydrogens (tertiary/aromatic N) is 3. The summed E-state index contributed by atoms with van der Waals surface area (Å²) >= 11 is 0. The van der Waals surface area contributed by atoms with Gasteiger partial charge in [0, 0.05) is 36.8 Å². The van der Waals surface area contributed by atoms with Crippen LogP contribution in [0.15, 0.2) is 71.9 Å². The third-order valence-corrected chi connectivity index (χ3v) is 5.11. The molecule has 1 amide bonds. The lowest BCUT2D eigenvalue weighted by molar-refractivity contribution is -0.112. The number of nitrogens with two attached hydrogens (primary N) is 1. The molecule has 0 bridgehead atoms. The van der Waals surface area contributed by atoms with Crippen molar-refractivity contribution in [1.29, 1.82) is 0 Å². The first-order valence-electron chi connectivity index (χ1n) is 10.1. The second-order valence-corrected chi connectivity index (χ2v) is 7.10. The number of rotatable bonds is 3. The summed E-state index contributed by atoms with van der Waals surface area (Å²) in [5, 5.41) is 1.20. The summed E-state index contributed by atoms with van der Waals surface area (Å²) in [6.07, 6.45) is 3.45. The average Bonchev–Trinajstić information content (AvgIpc) is 3.20. The van der Waals surface area contributed by atoms with Crippen LogP contribution in [-0.2, 0) is 9.53 Å². The smallest absolute Gasteiger partial charge is 0.278 e. The Morgan fingerprint density at radius 2 is 1.81 bits per heavy atom. The van der Waals surface area contributed by atoms with Gasteiger partial charge in [-0.1, -0.05) is 36.4 Å². The van der Waals surface area contributed by atoms with Crippen molar-refractivity contribution < 1.29 is 13.9 Å². The molecule has 1 aromatic heterocycles. The highest BCUT2D eigenvalue weighted by Gasteiger charge is 2.26. The number of carbonyl (C=O) groups is 1. The fourth-order valence-corrected chi connectivity index (χ4v) is 3.61. The lowest BCUT2D eigenvalue weighted by Crippen LogP contribution is -2.37. The summed E-state index contributed by atoms with van der Waals surface area (Å²) in [6, 6.07) is 16.8. The van der Waals surface area contributed by atoms with Gasteiger partial charge in [0.05, 0.1) is 35.7 Å². The zero-order chi connectivity index (χ0) is 21.6. The summed E-state index contributed by atoms with van der Waals surface area (Å²) in [6.45, 7) is 2.48. The third kappa shape index (κ3) is 4.68. The van der Waals surface area contributed by atoms with Gasteiger partial charge < -0.3 is 15.4 Å². The van der Waals surface area contributed by atoms with Crippen molar-refractivity contribution in [2.24, 2.45) is 10.7 Å². The number of hydrogen-bond donors (Lipinski definition) is 1.